The molecule has 3 rings (SSSR count). The predicted octanol–water partition coefficient (Wildman–Crippen LogP) is 3.50. The Morgan fingerprint density at radius 2 is 1.81 bits per heavy atom. The Morgan fingerprint density at radius 3 is 2.52 bits per heavy atom. The molecule has 0 fully saturated rings. The third-order valence-corrected chi connectivity index (χ3v) is 4.17. The Hall–Kier alpha value is -2.99. The van der Waals surface area contributed by atoms with Gasteiger partial charge < -0.3 is 9.47 Å². The summed E-state index contributed by atoms with van der Waals surface area (Å²) in [6.45, 7) is 3.34. The van der Waals surface area contributed by atoms with Crippen LogP contribution in [0.15, 0.2) is 67.3 Å². The van der Waals surface area contributed by atoms with Crippen molar-refractivity contribution in [2.45, 2.75) is 19.4 Å². The molecule has 0 saturated carbocycles. The Kier molecular flexibility index (Phi) is 6.71. The molecule has 0 amide bonds. The second kappa shape index (κ2) is 9.64. The lowest BCUT2D eigenvalue weighted by molar-refractivity contribution is 0.0762. The average Bonchev–Trinajstić information content (AvgIpc) is 3.23. The van der Waals surface area contributed by atoms with Crippen LogP contribution >= 0.6 is 0 Å². The fourth-order valence-corrected chi connectivity index (χ4v) is 2.70. The van der Waals surface area contributed by atoms with E-state index in [1.807, 2.05) is 61.5 Å². The van der Waals surface area contributed by atoms with Crippen LogP contribution in [0.5, 0.6) is 5.75 Å². The standard InChI is InChI=1S/C21H23N3O3/c1-17-7-9-18(10-8-17)21(25)20(24-16-22-15-23-24)11-12-26-13-14-27-19-5-3-2-4-6-19/h2-10,15-16,20H,11-14H2,1H3. The minimum Gasteiger partial charge on any atom is -0.491 e. The number of benzene rings is 2. The van der Waals surface area contributed by atoms with Crippen molar-refractivity contribution < 1.29 is 14.3 Å². The number of aryl methyl sites for hydroxylation is 1. The summed E-state index contributed by atoms with van der Waals surface area (Å²) < 4.78 is 12.8. The zero-order valence-electron chi connectivity index (χ0n) is 15.3. The van der Waals surface area contributed by atoms with Crippen molar-refractivity contribution in [3.05, 3.63) is 78.4 Å². The molecule has 140 valence electrons. The van der Waals surface area contributed by atoms with Gasteiger partial charge in [-0.15, -0.1) is 0 Å². The third-order valence-electron chi connectivity index (χ3n) is 4.17. The van der Waals surface area contributed by atoms with Crippen LogP contribution in [0.1, 0.15) is 28.4 Å². The molecule has 0 spiro atoms. The fraction of sp³-hybridized carbons (Fsp3) is 0.286. The quantitative estimate of drug-likeness (QED) is 0.406. The van der Waals surface area contributed by atoms with Gasteiger partial charge in [-0.1, -0.05) is 48.0 Å². The number of rotatable bonds is 10. The number of ether oxygens (including phenoxy) is 2. The number of hydrogen-bond acceptors (Lipinski definition) is 5. The summed E-state index contributed by atoms with van der Waals surface area (Å²) in [6.07, 6.45) is 3.51. The maximum atomic E-state index is 12.9. The molecule has 1 unspecified atom stereocenters. The number of ketones is 1. The first kappa shape index (κ1) is 18.8. The highest BCUT2D eigenvalue weighted by Crippen LogP contribution is 2.18. The Bertz CT molecular complexity index is 818. The zero-order valence-corrected chi connectivity index (χ0v) is 15.3. The monoisotopic (exact) mass is 365 g/mol. The van der Waals surface area contributed by atoms with Gasteiger partial charge in [-0.3, -0.25) is 4.79 Å². The minimum absolute atomic E-state index is 0.00429. The summed E-state index contributed by atoms with van der Waals surface area (Å²) in [5.74, 6) is 0.820. The van der Waals surface area contributed by atoms with Crippen LogP contribution in [0.25, 0.3) is 0 Å². The van der Waals surface area contributed by atoms with Crippen LogP contribution in [-0.4, -0.2) is 40.4 Å². The van der Waals surface area contributed by atoms with Gasteiger partial charge in [-0.05, 0) is 19.1 Å². The first-order chi connectivity index (χ1) is 13.2. The van der Waals surface area contributed by atoms with Crippen LogP contribution in [-0.2, 0) is 4.74 Å². The maximum absolute atomic E-state index is 12.9. The molecule has 27 heavy (non-hydrogen) atoms. The Labute approximate surface area is 158 Å². The topological polar surface area (TPSA) is 66.2 Å². The normalized spacial score (nSPS) is 11.9. The summed E-state index contributed by atoms with van der Waals surface area (Å²) in [5, 5.41) is 4.14. The Morgan fingerprint density at radius 1 is 1.04 bits per heavy atom. The van der Waals surface area contributed by atoms with Crippen molar-refractivity contribution in [2.24, 2.45) is 0 Å². The van der Waals surface area contributed by atoms with Gasteiger partial charge in [0, 0.05) is 18.6 Å². The van der Waals surface area contributed by atoms with E-state index in [0.717, 1.165) is 11.3 Å². The van der Waals surface area contributed by atoms with E-state index in [-0.39, 0.29) is 5.78 Å². The molecule has 0 bridgehead atoms. The molecule has 0 aliphatic heterocycles. The lowest BCUT2D eigenvalue weighted by Gasteiger charge is -2.16. The number of hydrogen-bond donors (Lipinski definition) is 0. The molecule has 0 saturated heterocycles. The van der Waals surface area contributed by atoms with E-state index in [0.29, 0.717) is 31.8 Å². The summed E-state index contributed by atoms with van der Waals surface area (Å²) in [4.78, 5) is 16.9. The van der Waals surface area contributed by atoms with Crippen LogP contribution in [0, 0.1) is 6.92 Å². The molecule has 3 aromatic rings. The van der Waals surface area contributed by atoms with Gasteiger partial charge in [0.05, 0.1) is 6.61 Å². The molecule has 0 radical (unpaired) electrons. The first-order valence-corrected chi connectivity index (χ1v) is 8.94. The zero-order chi connectivity index (χ0) is 18.9. The molecule has 1 aromatic heterocycles. The fourth-order valence-electron chi connectivity index (χ4n) is 2.70. The highest BCUT2D eigenvalue weighted by Gasteiger charge is 2.22. The summed E-state index contributed by atoms with van der Waals surface area (Å²) in [7, 11) is 0. The van der Waals surface area contributed by atoms with E-state index in [2.05, 4.69) is 10.1 Å². The van der Waals surface area contributed by atoms with Crippen molar-refractivity contribution in [3.8, 4) is 5.75 Å². The van der Waals surface area contributed by atoms with Crippen LogP contribution in [0.4, 0.5) is 0 Å². The molecule has 2 aromatic carbocycles. The smallest absolute Gasteiger partial charge is 0.187 e. The predicted molar refractivity (Wildman–Crippen MR) is 102 cm³/mol. The molecule has 6 nitrogen and oxygen atoms in total. The summed E-state index contributed by atoms with van der Waals surface area (Å²) in [6, 6.07) is 16.7. The van der Waals surface area contributed by atoms with Gasteiger partial charge in [0.2, 0.25) is 0 Å². The van der Waals surface area contributed by atoms with Crippen LogP contribution in [0.3, 0.4) is 0 Å². The second-order valence-corrected chi connectivity index (χ2v) is 6.18. The number of nitrogens with zero attached hydrogens (tertiary/aromatic N) is 3. The maximum Gasteiger partial charge on any atom is 0.187 e. The van der Waals surface area contributed by atoms with E-state index in [1.54, 1.807) is 11.0 Å². The van der Waals surface area contributed by atoms with E-state index in [9.17, 15) is 4.79 Å². The van der Waals surface area contributed by atoms with Crippen molar-refractivity contribution in [3.63, 3.8) is 0 Å². The Balaban J connectivity index is 1.50. The molecule has 0 N–H and O–H groups in total. The number of para-hydroxylation sites is 1. The number of aromatic nitrogens is 3. The largest absolute Gasteiger partial charge is 0.491 e. The molecule has 1 heterocycles. The number of carbonyl (C=O) groups is 1. The average molecular weight is 365 g/mol. The molecule has 1 atom stereocenters. The highest BCUT2D eigenvalue weighted by molar-refractivity contribution is 5.98. The van der Waals surface area contributed by atoms with Crippen LogP contribution in [0.2, 0.25) is 0 Å². The molecular formula is C21H23N3O3. The summed E-state index contributed by atoms with van der Waals surface area (Å²) in [5.41, 5.74) is 1.78. The van der Waals surface area contributed by atoms with Crippen molar-refractivity contribution in [1.82, 2.24) is 14.8 Å². The van der Waals surface area contributed by atoms with Crippen molar-refractivity contribution >= 4 is 5.78 Å². The van der Waals surface area contributed by atoms with Crippen LogP contribution < -0.4 is 4.74 Å². The SMILES string of the molecule is Cc1ccc(C(=O)C(CCOCCOc2ccccc2)n2cncn2)cc1. The van der Waals surface area contributed by atoms with Gasteiger partial charge >= 0.3 is 0 Å². The van der Waals surface area contributed by atoms with Crippen molar-refractivity contribution in [2.75, 3.05) is 19.8 Å². The molecule has 0 aliphatic rings. The van der Waals surface area contributed by atoms with Gasteiger partial charge in [0.25, 0.3) is 0 Å². The first-order valence-electron chi connectivity index (χ1n) is 8.94. The van der Waals surface area contributed by atoms with E-state index < -0.39 is 6.04 Å². The van der Waals surface area contributed by atoms with E-state index in [1.165, 1.54) is 6.33 Å². The van der Waals surface area contributed by atoms with Gasteiger partial charge in [-0.2, -0.15) is 5.10 Å². The minimum atomic E-state index is -0.440. The van der Waals surface area contributed by atoms with Crippen molar-refractivity contribution in [1.29, 1.82) is 0 Å². The summed E-state index contributed by atoms with van der Waals surface area (Å²) >= 11 is 0. The van der Waals surface area contributed by atoms with Gasteiger partial charge in [0.1, 0.15) is 31.1 Å². The third kappa shape index (κ3) is 5.49. The lowest BCUT2D eigenvalue weighted by atomic mass is 10.0. The van der Waals surface area contributed by atoms with E-state index >= 15 is 0 Å². The molecule has 0 aliphatic carbocycles. The lowest BCUT2D eigenvalue weighted by Crippen LogP contribution is -2.22. The number of Topliss-reactive ketones (excluding diaryl/α,β-unsaturated/α-hetero) is 1. The second-order valence-electron chi connectivity index (χ2n) is 6.18. The number of carbonyl (C=O) groups excluding carboxylic acids is 1. The highest BCUT2D eigenvalue weighted by atomic mass is 16.5. The molecular weight excluding hydrogens is 342 g/mol. The van der Waals surface area contributed by atoms with Gasteiger partial charge in [0.15, 0.2) is 5.78 Å². The molecule has 6 heteroatoms. The van der Waals surface area contributed by atoms with Gasteiger partial charge in [-0.25, -0.2) is 9.67 Å². The van der Waals surface area contributed by atoms with E-state index in [4.69, 9.17) is 9.47 Å².